The SMILES string of the molecule is CCN(C)C=Nc1cc(C)c(Oc2cc(C(C)(C)C)ns2)cc1Cl. The van der Waals surface area contributed by atoms with E-state index in [0.717, 1.165) is 34.3 Å². The first-order chi connectivity index (χ1) is 11.2. The van der Waals surface area contributed by atoms with Crippen LogP contribution in [0.3, 0.4) is 0 Å². The molecule has 0 saturated carbocycles. The van der Waals surface area contributed by atoms with Gasteiger partial charge in [0.2, 0.25) is 0 Å². The first-order valence-electron chi connectivity index (χ1n) is 7.90. The van der Waals surface area contributed by atoms with Crippen molar-refractivity contribution < 1.29 is 4.74 Å². The lowest BCUT2D eigenvalue weighted by Gasteiger charge is -2.14. The summed E-state index contributed by atoms with van der Waals surface area (Å²) in [6, 6.07) is 5.73. The molecule has 2 aromatic rings. The van der Waals surface area contributed by atoms with E-state index in [1.54, 1.807) is 6.34 Å². The predicted octanol–water partition coefficient (Wildman–Crippen LogP) is 5.81. The van der Waals surface area contributed by atoms with Crippen LogP contribution in [0.15, 0.2) is 23.2 Å². The number of nitrogens with zero attached hydrogens (tertiary/aromatic N) is 3. The summed E-state index contributed by atoms with van der Waals surface area (Å²) in [4.78, 5) is 6.41. The minimum Gasteiger partial charge on any atom is -0.445 e. The van der Waals surface area contributed by atoms with Crippen LogP contribution in [0.4, 0.5) is 5.69 Å². The number of hydrogen-bond donors (Lipinski definition) is 0. The maximum atomic E-state index is 6.35. The number of aryl methyl sites for hydroxylation is 1. The summed E-state index contributed by atoms with van der Waals surface area (Å²) < 4.78 is 10.4. The zero-order chi connectivity index (χ0) is 17.9. The molecule has 0 saturated heterocycles. The van der Waals surface area contributed by atoms with Gasteiger partial charge in [-0.25, -0.2) is 4.99 Å². The Morgan fingerprint density at radius 2 is 2.04 bits per heavy atom. The van der Waals surface area contributed by atoms with E-state index in [-0.39, 0.29) is 5.41 Å². The number of halogens is 1. The lowest BCUT2D eigenvalue weighted by molar-refractivity contribution is 0.490. The van der Waals surface area contributed by atoms with Gasteiger partial charge in [0.15, 0.2) is 5.06 Å². The van der Waals surface area contributed by atoms with Gasteiger partial charge < -0.3 is 9.64 Å². The van der Waals surface area contributed by atoms with Gasteiger partial charge in [-0.15, -0.1) is 0 Å². The summed E-state index contributed by atoms with van der Waals surface area (Å²) in [6.07, 6.45) is 1.78. The third kappa shape index (κ3) is 4.71. The predicted molar refractivity (Wildman–Crippen MR) is 104 cm³/mol. The van der Waals surface area contributed by atoms with E-state index in [9.17, 15) is 0 Å². The molecular weight excluding hydrogens is 342 g/mol. The number of aromatic nitrogens is 1. The Balaban J connectivity index is 2.22. The molecule has 24 heavy (non-hydrogen) atoms. The van der Waals surface area contributed by atoms with E-state index in [4.69, 9.17) is 16.3 Å². The fourth-order valence-corrected chi connectivity index (χ4v) is 2.88. The van der Waals surface area contributed by atoms with Gasteiger partial charge in [-0.2, -0.15) is 4.37 Å². The first kappa shape index (κ1) is 18.7. The Morgan fingerprint density at radius 3 is 2.62 bits per heavy atom. The van der Waals surface area contributed by atoms with Gasteiger partial charge >= 0.3 is 0 Å². The standard InChI is InChI=1S/C18H24ClN3OS/c1-7-22(6)11-20-14-8-12(2)15(9-13(14)19)23-17-10-16(21-24-17)18(3,4)5/h8-11H,7H2,1-6H3. The molecule has 0 amide bonds. The average molecular weight is 366 g/mol. The minimum atomic E-state index is 0.00861. The van der Waals surface area contributed by atoms with Crippen molar-refractivity contribution in [2.24, 2.45) is 4.99 Å². The highest BCUT2D eigenvalue weighted by Crippen LogP contribution is 2.37. The molecule has 130 valence electrons. The van der Waals surface area contributed by atoms with Gasteiger partial charge in [0.1, 0.15) is 5.75 Å². The summed E-state index contributed by atoms with van der Waals surface area (Å²) in [7, 11) is 1.97. The van der Waals surface area contributed by atoms with Crippen molar-refractivity contribution in [1.82, 2.24) is 9.27 Å². The van der Waals surface area contributed by atoms with Crippen LogP contribution >= 0.6 is 23.1 Å². The van der Waals surface area contributed by atoms with Gasteiger partial charge in [-0.3, -0.25) is 0 Å². The van der Waals surface area contributed by atoms with Crippen LogP contribution in [0.2, 0.25) is 5.02 Å². The van der Waals surface area contributed by atoms with Crippen LogP contribution in [-0.2, 0) is 5.41 Å². The highest BCUT2D eigenvalue weighted by molar-refractivity contribution is 7.07. The lowest BCUT2D eigenvalue weighted by atomic mass is 9.93. The van der Waals surface area contributed by atoms with Crippen LogP contribution in [0.5, 0.6) is 10.8 Å². The molecule has 1 heterocycles. The van der Waals surface area contributed by atoms with E-state index < -0.39 is 0 Å². The van der Waals surface area contributed by atoms with E-state index in [1.807, 2.05) is 37.1 Å². The molecular formula is C18H24ClN3OS. The molecule has 0 aliphatic rings. The van der Waals surface area contributed by atoms with E-state index >= 15 is 0 Å². The number of benzene rings is 1. The molecule has 0 N–H and O–H groups in total. The van der Waals surface area contributed by atoms with Crippen LogP contribution in [-0.4, -0.2) is 29.2 Å². The topological polar surface area (TPSA) is 37.7 Å². The molecule has 1 aromatic heterocycles. The Morgan fingerprint density at radius 1 is 1.33 bits per heavy atom. The van der Waals surface area contributed by atoms with Crippen LogP contribution in [0, 0.1) is 6.92 Å². The van der Waals surface area contributed by atoms with Crippen molar-refractivity contribution in [3.8, 4) is 10.8 Å². The van der Waals surface area contributed by atoms with Gasteiger partial charge in [0, 0.05) is 42.7 Å². The first-order valence-corrected chi connectivity index (χ1v) is 9.05. The quantitative estimate of drug-likeness (QED) is 0.496. The fourth-order valence-electron chi connectivity index (χ4n) is 1.87. The Hall–Kier alpha value is -1.59. The largest absolute Gasteiger partial charge is 0.445 e. The molecule has 0 atom stereocenters. The number of aliphatic imine (C=N–C) groups is 1. The smallest absolute Gasteiger partial charge is 0.200 e. The Kier molecular flexibility index (Phi) is 5.88. The minimum absolute atomic E-state index is 0.00861. The number of rotatable bonds is 5. The van der Waals surface area contributed by atoms with Crippen molar-refractivity contribution in [1.29, 1.82) is 0 Å². The zero-order valence-electron chi connectivity index (χ0n) is 15.1. The summed E-state index contributed by atoms with van der Waals surface area (Å²) in [5, 5.41) is 1.33. The van der Waals surface area contributed by atoms with Gasteiger partial charge in [0.25, 0.3) is 0 Å². The highest BCUT2D eigenvalue weighted by atomic mass is 35.5. The Labute approximate surface area is 153 Å². The molecule has 4 nitrogen and oxygen atoms in total. The average Bonchev–Trinajstić information content (AvgIpc) is 2.97. The normalized spacial score (nSPS) is 12.0. The van der Waals surface area contributed by atoms with Gasteiger partial charge in [-0.1, -0.05) is 32.4 Å². The molecule has 0 aliphatic heterocycles. The summed E-state index contributed by atoms with van der Waals surface area (Å²) in [6.45, 7) is 11.3. The maximum absolute atomic E-state index is 6.35. The van der Waals surface area contributed by atoms with Crippen molar-refractivity contribution in [3.63, 3.8) is 0 Å². The van der Waals surface area contributed by atoms with Gasteiger partial charge in [0.05, 0.1) is 22.7 Å². The zero-order valence-corrected chi connectivity index (χ0v) is 16.6. The molecule has 0 aliphatic carbocycles. The monoisotopic (exact) mass is 365 g/mol. The fraction of sp³-hybridized carbons (Fsp3) is 0.444. The molecule has 0 bridgehead atoms. The molecule has 6 heteroatoms. The van der Waals surface area contributed by atoms with E-state index in [2.05, 4.69) is 37.1 Å². The molecule has 0 unspecified atom stereocenters. The second kappa shape index (κ2) is 7.53. The van der Waals surface area contributed by atoms with Crippen molar-refractivity contribution >= 4 is 35.2 Å². The van der Waals surface area contributed by atoms with Crippen LogP contribution in [0.25, 0.3) is 0 Å². The second-order valence-corrected chi connectivity index (χ2v) is 7.94. The third-order valence-corrected chi connectivity index (χ3v) is 4.58. The summed E-state index contributed by atoms with van der Waals surface area (Å²) >= 11 is 7.70. The summed E-state index contributed by atoms with van der Waals surface area (Å²) in [5.74, 6) is 0.729. The third-order valence-electron chi connectivity index (χ3n) is 3.60. The van der Waals surface area contributed by atoms with Crippen molar-refractivity contribution in [2.75, 3.05) is 13.6 Å². The van der Waals surface area contributed by atoms with E-state index in [1.165, 1.54) is 11.5 Å². The number of ether oxygens (including phenoxy) is 1. The molecule has 1 aromatic carbocycles. The summed E-state index contributed by atoms with van der Waals surface area (Å²) in [5.41, 5.74) is 2.75. The van der Waals surface area contributed by atoms with Crippen molar-refractivity contribution in [3.05, 3.63) is 34.5 Å². The van der Waals surface area contributed by atoms with Gasteiger partial charge in [-0.05, 0) is 25.5 Å². The Bertz CT molecular complexity index is 734. The number of hydrogen-bond acceptors (Lipinski definition) is 4. The van der Waals surface area contributed by atoms with Crippen molar-refractivity contribution in [2.45, 2.75) is 40.0 Å². The maximum Gasteiger partial charge on any atom is 0.200 e. The highest BCUT2D eigenvalue weighted by Gasteiger charge is 2.18. The lowest BCUT2D eigenvalue weighted by Crippen LogP contribution is -2.14. The molecule has 2 rings (SSSR count). The molecule has 0 fully saturated rings. The van der Waals surface area contributed by atoms with Crippen LogP contribution < -0.4 is 4.74 Å². The second-order valence-electron chi connectivity index (χ2n) is 6.77. The molecule has 0 radical (unpaired) electrons. The molecule has 0 spiro atoms. The van der Waals surface area contributed by atoms with E-state index in [0.29, 0.717) is 5.02 Å². The van der Waals surface area contributed by atoms with Crippen LogP contribution in [0.1, 0.15) is 39.0 Å².